The van der Waals surface area contributed by atoms with Crippen molar-refractivity contribution in [1.29, 1.82) is 0 Å². The van der Waals surface area contributed by atoms with E-state index < -0.39 is 4.87 Å². The van der Waals surface area contributed by atoms with Crippen molar-refractivity contribution in [3.8, 4) is 0 Å². The summed E-state index contributed by atoms with van der Waals surface area (Å²) in [6.07, 6.45) is 1.12. The van der Waals surface area contributed by atoms with E-state index in [1.54, 1.807) is 24.3 Å². The average molecular weight is 223 g/mol. The van der Waals surface area contributed by atoms with E-state index in [-0.39, 0.29) is 11.6 Å². The van der Waals surface area contributed by atoms with Gasteiger partial charge in [0.2, 0.25) is 0 Å². The lowest BCUT2D eigenvalue weighted by Crippen LogP contribution is -2.34. The van der Waals surface area contributed by atoms with Crippen LogP contribution < -0.4 is 0 Å². The second-order valence-corrected chi connectivity index (χ2v) is 4.40. The van der Waals surface area contributed by atoms with Crippen LogP contribution in [0.4, 0.5) is 0 Å². The molecule has 2 rings (SSSR count). The molecule has 0 fully saturated rings. The minimum Gasteiger partial charge on any atom is -0.292 e. The topological polar surface area (TPSA) is 34.1 Å². The molecule has 0 bridgehead atoms. The maximum Gasteiger partial charge on any atom is 0.192 e. The molecule has 0 N–H and O–H groups in total. The highest BCUT2D eigenvalue weighted by Crippen LogP contribution is 2.38. The van der Waals surface area contributed by atoms with Crippen LogP contribution in [-0.2, 0) is 0 Å². The van der Waals surface area contributed by atoms with Crippen LogP contribution in [0, 0.1) is 0 Å². The van der Waals surface area contributed by atoms with Crippen LogP contribution in [0.1, 0.15) is 40.5 Å². The van der Waals surface area contributed by atoms with Gasteiger partial charge >= 0.3 is 0 Å². The first-order valence-corrected chi connectivity index (χ1v) is 5.36. The Labute approximate surface area is 93.2 Å². The van der Waals surface area contributed by atoms with Gasteiger partial charge in [-0.05, 0) is 6.42 Å². The van der Waals surface area contributed by atoms with Gasteiger partial charge < -0.3 is 0 Å². The summed E-state index contributed by atoms with van der Waals surface area (Å²) in [4.78, 5) is 22.6. The highest BCUT2D eigenvalue weighted by Gasteiger charge is 2.50. The molecule has 2 nitrogen and oxygen atoms in total. The summed E-state index contributed by atoms with van der Waals surface area (Å²) in [5, 5.41) is 0. The van der Waals surface area contributed by atoms with Gasteiger partial charge in [-0.2, -0.15) is 0 Å². The third kappa shape index (κ3) is 1.32. The van der Waals surface area contributed by atoms with Crippen LogP contribution in [0.25, 0.3) is 0 Å². The van der Waals surface area contributed by atoms with Gasteiger partial charge in [0.25, 0.3) is 0 Å². The van der Waals surface area contributed by atoms with Crippen molar-refractivity contribution >= 4 is 23.2 Å². The maximum atomic E-state index is 12.0. The third-order valence-electron chi connectivity index (χ3n) is 2.73. The first kappa shape index (κ1) is 10.4. The molecule has 1 aliphatic carbocycles. The molecule has 0 spiro atoms. The number of benzene rings is 1. The van der Waals surface area contributed by atoms with Crippen LogP contribution in [0.15, 0.2) is 24.3 Å². The number of halogens is 1. The summed E-state index contributed by atoms with van der Waals surface area (Å²) in [5.74, 6) is -0.488. The highest BCUT2D eigenvalue weighted by atomic mass is 35.5. The zero-order chi connectivity index (χ0) is 11.1. The van der Waals surface area contributed by atoms with Gasteiger partial charge in [-0.15, -0.1) is 11.6 Å². The van der Waals surface area contributed by atoms with Crippen molar-refractivity contribution in [2.75, 3.05) is 0 Å². The highest BCUT2D eigenvalue weighted by molar-refractivity contribution is 6.55. The van der Waals surface area contributed by atoms with Crippen molar-refractivity contribution in [2.24, 2.45) is 0 Å². The molecule has 0 radical (unpaired) electrons. The zero-order valence-corrected chi connectivity index (χ0v) is 9.17. The largest absolute Gasteiger partial charge is 0.292 e. The predicted molar refractivity (Wildman–Crippen MR) is 58.6 cm³/mol. The molecular weight excluding hydrogens is 212 g/mol. The van der Waals surface area contributed by atoms with Gasteiger partial charge in [0.05, 0.1) is 0 Å². The lowest BCUT2D eigenvalue weighted by molar-refractivity contribution is 0.0855. The number of carbonyl (C=O) groups is 2. The maximum absolute atomic E-state index is 12.0. The summed E-state index contributed by atoms with van der Waals surface area (Å²) in [7, 11) is 0. The molecule has 1 aromatic carbocycles. The smallest absolute Gasteiger partial charge is 0.192 e. The number of alkyl halides is 1. The van der Waals surface area contributed by atoms with Crippen LogP contribution in [0.2, 0.25) is 0 Å². The first-order chi connectivity index (χ1) is 7.11. The van der Waals surface area contributed by atoms with Crippen molar-refractivity contribution in [1.82, 2.24) is 0 Å². The molecule has 3 heteroatoms. The number of hydrogen-bond donors (Lipinski definition) is 0. The second-order valence-electron chi connectivity index (χ2n) is 3.75. The fraction of sp³-hybridized carbons (Fsp3) is 0.333. The summed E-state index contributed by atoms with van der Waals surface area (Å²) < 4.78 is 0. The van der Waals surface area contributed by atoms with Gasteiger partial charge in [0, 0.05) is 11.1 Å². The van der Waals surface area contributed by atoms with Crippen molar-refractivity contribution in [2.45, 2.75) is 24.6 Å². The SMILES string of the molecule is CCCC1(Cl)C(=O)c2ccccc2C1=O. The van der Waals surface area contributed by atoms with E-state index in [1.165, 1.54) is 0 Å². The molecule has 0 amide bonds. The molecule has 1 aliphatic rings. The Morgan fingerprint density at radius 1 is 1.13 bits per heavy atom. The molecule has 0 saturated carbocycles. The Kier molecular flexibility index (Phi) is 2.39. The molecule has 78 valence electrons. The number of Topliss-reactive ketones (excluding diaryl/α,β-unsaturated/α-hetero) is 2. The summed E-state index contributed by atoms with van der Waals surface area (Å²) in [6, 6.07) is 6.82. The minimum atomic E-state index is -1.33. The lowest BCUT2D eigenvalue weighted by atomic mass is 9.97. The normalized spacial score (nSPS) is 18.0. The Morgan fingerprint density at radius 3 is 2.00 bits per heavy atom. The molecule has 15 heavy (non-hydrogen) atoms. The molecule has 0 unspecified atom stereocenters. The van der Waals surface area contributed by atoms with Crippen LogP contribution in [0.3, 0.4) is 0 Å². The minimum absolute atomic E-state index is 0.244. The van der Waals surface area contributed by atoms with Crippen LogP contribution in [-0.4, -0.2) is 16.4 Å². The van der Waals surface area contributed by atoms with Gasteiger partial charge in [0.1, 0.15) is 0 Å². The fourth-order valence-electron chi connectivity index (χ4n) is 1.98. The summed E-state index contributed by atoms with van der Waals surface area (Å²) in [5.41, 5.74) is 0.928. The van der Waals surface area contributed by atoms with Gasteiger partial charge in [0.15, 0.2) is 16.4 Å². The Morgan fingerprint density at radius 2 is 1.60 bits per heavy atom. The number of fused-ring (bicyclic) bond motifs is 1. The van der Waals surface area contributed by atoms with E-state index in [1.807, 2.05) is 6.92 Å². The van der Waals surface area contributed by atoms with E-state index in [2.05, 4.69) is 0 Å². The molecule has 0 atom stereocenters. The molecule has 0 saturated heterocycles. The van der Waals surface area contributed by atoms with Crippen molar-refractivity contribution < 1.29 is 9.59 Å². The van der Waals surface area contributed by atoms with Gasteiger partial charge in [-0.3, -0.25) is 9.59 Å². The molecule has 1 aromatic rings. The van der Waals surface area contributed by atoms with Crippen molar-refractivity contribution in [3.05, 3.63) is 35.4 Å². The molecule has 0 heterocycles. The molecule has 0 aromatic heterocycles. The first-order valence-electron chi connectivity index (χ1n) is 4.99. The number of hydrogen-bond acceptors (Lipinski definition) is 2. The summed E-state index contributed by atoms with van der Waals surface area (Å²) >= 11 is 6.14. The van der Waals surface area contributed by atoms with Crippen LogP contribution in [0.5, 0.6) is 0 Å². The van der Waals surface area contributed by atoms with E-state index >= 15 is 0 Å². The van der Waals surface area contributed by atoms with E-state index in [9.17, 15) is 9.59 Å². The second kappa shape index (κ2) is 3.46. The van der Waals surface area contributed by atoms with E-state index in [4.69, 9.17) is 11.6 Å². The molecule has 0 aliphatic heterocycles. The number of carbonyl (C=O) groups excluding carboxylic acids is 2. The number of ketones is 2. The zero-order valence-electron chi connectivity index (χ0n) is 8.42. The van der Waals surface area contributed by atoms with Gasteiger partial charge in [-0.25, -0.2) is 0 Å². The Balaban J connectivity index is 2.54. The van der Waals surface area contributed by atoms with Gasteiger partial charge in [-0.1, -0.05) is 37.6 Å². The third-order valence-corrected chi connectivity index (χ3v) is 3.26. The lowest BCUT2D eigenvalue weighted by Gasteiger charge is -2.15. The molecular formula is C12H11ClO2. The Bertz CT molecular complexity index is 402. The Hall–Kier alpha value is -1.15. The monoisotopic (exact) mass is 222 g/mol. The predicted octanol–water partition coefficient (Wildman–Crippen LogP) is 2.84. The quantitative estimate of drug-likeness (QED) is 0.570. The average Bonchev–Trinajstić information content (AvgIpc) is 2.43. The fourth-order valence-corrected chi connectivity index (χ4v) is 2.37. The van der Waals surface area contributed by atoms with Crippen molar-refractivity contribution in [3.63, 3.8) is 0 Å². The standard InChI is InChI=1S/C12H11ClO2/c1-2-7-12(13)10(14)8-5-3-4-6-9(8)11(12)15/h3-6H,2,7H2,1H3. The van der Waals surface area contributed by atoms with Crippen LogP contribution >= 0.6 is 11.6 Å². The summed E-state index contributed by atoms with van der Waals surface area (Å²) in [6.45, 7) is 1.91. The van der Waals surface area contributed by atoms with E-state index in [0.717, 1.165) is 6.42 Å². The van der Waals surface area contributed by atoms with E-state index in [0.29, 0.717) is 17.5 Å². The number of rotatable bonds is 2.